The molecule has 0 radical (unpaired) electrons. The topological polar surface area (TPSA) is 106 Å². The molecule has 0 bridgehead atoms. The van der Waals surface area contributed by atoms with Crippen LogP contribution >= 0.6 is 0 Å². The molecule has 2 fully saturated rings. The molecule has 1 aromatic heterocycles. The highest BCUT2D eigenvalue weighted by molar-refractivity contribution is 7.89. The number of halogens is 3. The van der Waals surface area contributed by atoms with Gasteiger partial charge < -0.3 is 14.6 Å². The third kappa shape index (κ3) is 5.82. The highest BCUT2D eigenvalue weighted by atomic mass is 32.2. The van der Waals surface area contributed by atoms with E-state index in [2.05, 4.69) is 4.98 Å². The minimum Gasteiger partial charge on any atom is -0.478 e. The van der Waals surface area contributed by atoms with E-state index >= 15 is 0 Å². The molecule has 12 heteroatoms. The Labute approximate surface area is 173 Å². The SMILES string of the molecule is CC(C)S(=O)(=O)N1CC2(C1)OCCC2CCOc1ccccn1.O=C(O)C(F)(F)F. The Morgan fingerprint density at radius 1 is 1.40 bits per heavy atom. The smallest absolute Gasteiger partial charge is 0.478 e. The van der Waals surface area contributed by atoms with Gasteiger partial charge >= 0.3 is 12.1 Å². The second-order valence-electron chi connectivity index (χ2n) is 7.37. The molecule has 2 aliphatic rings. The predicted octanol–water partition coefficient (Wildman–Crippen LogP) is 2.31. The molecule has 1 unspecified atom stereocenters. The molecule has 30 heavy (non-hydrogen) atoms. The van der Waals surface area contributed by atoms with E-state index in [4.69, 9.17) is 19.4 Å². The maximum atomic E-state index is 12.2. The second-order valence-corrected chi connectivity index (χ2v) is 9.86. The van der Waals surface area contributed by atoms with E-state index < -0.39 is 22.2 Å². The van der Waals surface area contributed by atoms with Crippen molar-refractivity contribution in [1.82, 2.24) is 9.29 Å². The third-order valence-electron chi connectivity index (χ3n) is 5.04. The number of rotatable bonds is 6. The predicted molar refractivity (Wildman–Crippen MR) is 100 cm³/mol. The van der Waals surface area contributed by atoms with Gasteiger partial charge in [0.05, 0.1) is 17.5 Å². The normalized spacial score (nSPS) is 21.1. The molecule has 0 aromatic carbocycles. The van der Waals surface area contributed by atoms with E-state index in [-0.39, 0.29) is 10.9 Å². The van der Waals surface area contributed by atoms with E-state index in [1.54, 1.807) is 24.3 Å². The van der Waals surface area contributed by atoms with Crippen molar-refractivity contribution in [2.45, 2.75) is 43.7 Å². The molecule has 0 saturated carbocycles. The minimum atomic E-state index is -5.08. The van der Waals surface area contributed by atoms with Crippen molar-refractivity contribution < 1.29 is 41.0 Å². The lowest BCUT2D eigenvalue weighted by atomic mass is 9.80. The van der Waals surface area contributed by atoms with Crippen LogP contribution < -0.4 is 4.74 Å². The molecule has 1 atom stereocenters. The Balaban J connectivity index is 0.000000396. The summed E-state index contributed by atoms with van der Waals surface area (Å²) in [6.07, 6.45) is -1.57. The summed E-state index contributed by atoms with van der Waals surface area (Å²) in [6.45, 7) is 5.65. The van der Waals surface area contributed by atoms with E-state index in [0.717, 1.165) is 12.8 Å². The van der Waals surface area contributed by atoms with Crippen molar-refractivity contribution in [3.8, 4) is 5.88 Å². The molecule has 3 heterocycles. The molecule has 2 saturated heterocycles. The van der Waals surface area contributed by atoms with Crippen molar-refractivity contribution in [1.29, 1.82) is 0 Å². The molecule has 170 valence electrons. The summed E-state index contributed by atoms with van der Waals surface area (Å²) in [4.78, 5) is 13.0. The third-order valence-corrected chi connectivity index (χ3v) is 7.21. The average molecular weight is 454 g/mol. The zero-order valence-electron chi connectivity index (χ0n) is 16.6. The highest BCUT2D eigenvalue weighted by Crippen LogP contribution is 2.43. The van der Waals surface area contributed by atoms with Gasteiger partial charge in [-0.1, -0.05) is 6.07 Å². The van der Waals surface area contributed by atoms with E-state index in [0.29, 0.717) is 38.1 Å². The lowest BCUT2D eigenvalue weighted by molar-refractivity contribution is -0.192. The fourth-order valence-electron chi connectivity index (χ4n) is 3.31. The molecule has 2 aliphatic heterocycles. The number of carbonyl (C=O) groups is 1. The van der Waals surface area contributed by atoms with Crippen molar-refractivity contribution >= 4 is 16.0 Å². The second kappa shape index (κ2) is 9.48. The van der Waals surface area contributed by atoms with Gasteiger partial charge in [-0.3, -0.25) is 0 Å². The van der Waals surface area contributed by atoms with Crippen LogP contribution in [0, 0.1) is 5.92 Å². The molecule has 1 N–H and O–H groups in total. The number of nitrogens with zero attached hydrogens (tertiary/aromatic N) is 2. The van der Waals surface area contributed by atoms with Crippen LogP contribution in [0.15, 0.2) is 24.4 Å². The number of pyridine rings is 1. The molecule has 1 aromatic rings. The van der Waals surface area contributed by atoms with Crippen molar-refractivity contribution in [3.63, 3.8) is 0 Å². The number of hydrogen-bond donors (Lipinski definition) is 1. The molecule has 0 amide bonds. The monoisotopic (exact) mass is 454 g/mol. The van der Waals surface area contributed by atoms with Crippen molar-refractivity contribution in [3.05, 3.63) is 24.4 Å². The first-order chi connectivity index (χ1) is 13.9. The lowest BCUT2D eigenvalue weighted by Crippen LogP contribution is -2.66. The Bertz CT molecular complexity index is 811. The molecule has 1 spiro atoms. The van der Waals surface area contributed by atoms with Gasteiger partial charge in [-0.15, -0.1) is 0 Å². The van der Waals surface area contributed by atoms with Gasteiger partial charge in [0, 0.05) is 32.0 Å². The van der Waals surface area contributed by atoms with Crippen molar-refractivity contribution in [2.24, 2.45) is 5.92 Å². The number of ether oxygens (including phenoxy) is 2. The summed E-state index contributed by atoms with van der Waals surface area (Å²) >= 11 is 0. The summed E-state index contributed by atoms with van der Waals surface area (Å²) in [7, 11) is -3.18. The first-order valence-corrected chi connectivity index (χ1v) is 10.9. The maximum absolute atomic E-state index is 12.2. The minimum absolute atomic E-state index is 0.310. The van der Waals surface area contributed by atoms with Gasteiger partial charge in [-0.2, -0.15) is 17.5 Å². The number of sulfonamides is 1. The van der Waals surface area contributed by atoms with Crippen LogP contribution in [-0.2, 0) is 19.6 Å². The Morgan fingerprint density at radius 3 is 2.53 bits per heavy atom. The van der Waals surface area contributed by atoms with Crippen LogP contribution in [0.25, 0.3) is 0 Å². The summed E-state index contributed by atoms with van der Waals surface area (Å²) in [5.41, 5.74) is -0.310. The zero-order chi connectivity index (χ0) is 22.6. The number of carboxylic acid groups (broad SMARTS) is 1. The van der Waals surface area contributed by atoms with E-state index in [9.17, 15) is 21.6 Å². The Morgan fingerprint density at radius 2 is 2.03 bits per heavy atom. The molecule has 3 rings (SSSR count). The summed E-state index contributed by atoms with van der Waals surface area (Å²) in [6, 6.07) is 5.58. The number of hydrogen-bond acceptors (Lipinski definition) is 6. The van der Waals surface area contributed by atoms with Crippen LogP contribution in [0.1, 0.15) is 26.7 Å². The standard InChI is InChI=1S/C16H24N2O4S.C2HF3O2/c1-13(2)23(19,20)18-11-16(12-18)14(7-10-22-16)6-9-21-15-5-3-4-8-17-15;3-2(4,5)1(6)7/h3-5,8,13-14H,6-7,9-12H2,1-2H3;(H,6,7). The van der Waals surface area contributed by atoms with Crippen LogP contribution in [0.4, 0.5) is 13.2 Å². The molecular weight excluding hydrogens is 429 g/mol. The van der Waals surface area contributed by atoms with Crippen LogP contribution in [-0.4, -0.2) is 72.1 Å². The number of aliphatic carboxylic acids is 1. The van der Waals surface area contributed by atoms with Gasteiger partial charge in [-0.25, -0.2) is 18.2 Å². The van der Waals surface area contributed by atoms with Gasteiger partial charge in [-0.05, 0) is 38.7 Å². The number of aromatic nitrogens is 1. The average Bonchev–Trinajstić information content (AvgIpc) is 3.05. The Hall–Kier alpha value is -1.92. The fourth-order valence-corrected chi connectivity index (χ4v) is 4.70. The summed E-state index contributed by atoms with van der Waals surface area (Å²) in [5, 5.41) is 6.74. The number of alkyl halides is 3. The molecule has 0 aliphatic carbocycles. The summed E-state index contributed by atoms with van der Waals surface area (Å²) in [5.74, 6) is -1.80. The maximum Gasteiger partial charge on any atom is 0.490 e. The van der Waals surface area contributed by atoms with E-state index in [1.165, 1.54) is 0 Å². The molecule has 8 nitrogen and oxygen atoms in total. The van der Waals surface area contributed by atoms with Crippen LogP contribution in [0.5, 0.6) is 5.88 Å². The van der Waals surface area contributed by atoms with Crippen LogP contribution in [0.2, 0.25) is 0 Å². The largest absolute Gasteiger partial charge is 0.490 e. The highest BCUT2D eigenvalue weighted by Gasteiger charge is 2.56. The fraction of sp³-hybridized carbons (Fsp3) is 0.667. The number of carboxylic acids is 1. The quantitative estimate of drug-likeness (QED) is 0.703. The van der Waals surface area contributed by atoms with Crippen LogP contribution in [0.3, 0.4) is 0 Å². The van der Waals surface area contributed by atoms with Gasteiger partial charge in [0.15, 0.2) is 0 Å². The molecular formula is C18H25F3N2O6S. The Kier molecular flexibility index (Phi) is 7.69. The first kappa shape index (κ1) is 24.4. The zero-order valence-corrected chi connectivity index (χ0v) is 17.4. The van der Waals surface area contributed by atoms with Gasteiger partial charge in [0.2, 0.25) is 15.9 Å². The van der Waals surface area contributed by atoms with Crippen molar-refractivity contribution in [2.75, 3.05) is 26.3 Å². The van der Waals surface area contributed by atoms with E-state index in [1.807, 2.05) is 18.2 Å². The summed E-state index contributed by atoms with van der Waals surface area (Å²) < 4.78 is 69.3. The first-order valence-electron chi connectivity index (χ1n) is 9.35. The lowest BCUT2D eigenvalue weighted by Gasteiger charge is -2.49. The van der Waals surface area contributed by atoms with Gasteiger partial charge in [0.25, 0.3) is 0 Å². The van der Waals surface area contributed by atoms with Gasteiger partial charge in [0.1, 0.15) is 0 Å².